The monoisotopic (exact) mass is 372 g/mol. The molecule has 1 nitrogen and oxygen atoms in total. The maximum Gasteiger partial charge on any atom is 0.129 e. The molecule has 3 aromatic rings. The number of ether oxygens (including phenoxy) is 1. The van der Waals surface area contributed by atoms with Crippen molar-refractivity contribution in [3.05, 3.63) is 82.4 Å². The van der Waals surface area contributed by atoms with Gasteiger partial charge in [-0.15, -0.1) is 0 Å². The lowest BCUT2D eigenvalue weighted by molar-refractivity contribution is 0.482. The number of benzene rings is 3. The van der Waals surface area contributed by atoms with Crippen molar-refractivity contribution >= 4 is 22.6 Å². The van der Waals surface area contributed by atoms with Crippen LogP contribution in [0.25, 0.3) is 11.1 Å². The van der Waals surface area contributed by atoms with Gasteiger partial charge in [0, 0.05) is 3.57 Å². The van der Waals surface area contributed by atoms with Gasteiger partial charge in [0.2, 0.25) is 0 Å². The first-order valence-electron chi connectivity index (χ1n) is 6.40. The minimum atomic E-state index is 0.855. The van der Waals surface area contributed by atoms with Gasteiger partial charge in [-0.25, -0.2) is 0 Å². The lowest BCUT2D eigenvalue weighted by atomic mass is 10.1. The highest BCUT2D eigenvalue weighted by Crippen LogP contribution is 2.29. The van der Waals surface area contributed by atoms with Crippen LogP contribution in [0.2, 0.25) is 0 Å². The molecule has 0 fully saturated rings. The normalized spacial score (nSPS) is 10.2. The van der Waals surface area contributed by atoms with Crippen LogP contribution in [-0.2, 0) is 0 Å². The third-order valence-electron chi connectivity index (χ3n) is 2.96. The van der Waals surface area contributed by atoms with Crippen molar-refractivity contribution in [3.63, 3.8) is 0 Å². The summed E-state index contributed by atoms with van der Waals surface area (Å²) in [5.74, 6) is 1.72. The lowest BCUT2D eigenvalue weighted by Crippen LogP contribution is -1.87. The predicted molar refractivity (Wildman–Crippen MR) is 91.1 cm³/mol. The van der Waals surface area contributed by atoms with E-state index in [4.69, 9.17) is 4.74 Å². The number of para-hydroxylation sites is 1. The van der Waals surface area contributed by atoms with Crippen molar-refractivity contribution in [2.24, 2.45) is 0 Å². The second-order valence-electron chi connectivity index (χ2n) is 4.46. The fourth-order valence-electron chi connectivity index (χ4n) is 2.04. The summed E-state index contributed by atoms with van der Waals surface area (Å²) in [5, 5.41) is 0. The molecular formula is C18H13IO. The molecule has 0 heterocycles. The van der Waals surface area contributed by atoms with Crippen molar-refractivity contribution in [1.29, 1.82) is 0 Å². The van der Waals surface area contributed by atoms with Gasteiger partial charge in [0.1, 0.15) is 11.5 Å². The molecule has 0 saturated heterocycles. The van der Waals surface area contributed by atoms with E-state index in [-0.39, 0.29) is 0 Å². The van der Waals surface area contributed by atoms with Crippen LogP contribution in [0.1, 0.15) is 0 Å². The Hall–Kier alpha value is -1.81. The zero-order valence-electron chi connectivity index (χ0n) is 10.8. The highest BCUT2D eigenvalue weighted by molar-refractivity contribution is 14.1. The third-order valence-corrected chi connectivity index (χ3v) is 3.58. The van der Waals surface area contributed by atoms with Crippen LogP contribution in [-0.4, -0.2) is 0 Å². The summed E-state index contributed by atoms with van der Waals surface area (Å²) in [6, 6.07) is 26.5. The van der Waals surface area contributed by atoms with Gasteiger partial charge in [-0.2, -0.15) is 0 Å². The summed E-state index contributed by atoms with van der Waals surface area (Å²) in [4.78, 5) is 0. The standard InChI is InChI=1S/C18H13IO/c19-16-11-15(14-7-3-1-4-8-14)12-18(13-16)20-17-9-5-2-6-10-17/h1-13H. The Kier molecular flexibility index (Phi) is 4.02. The zero-order chi connectivity index (χ0) is 13.8. The van der Waals surface area contributed by atoms with Crippen molar-refractivity contribution in [2.75, 3.05) is 0 Å². The molecule has 2 heteroatoms. The average molecular weight is 372 g/mol. The molecule has 0 aliphatic heterocycles. The molecule has 3 aromatic carbocycles. The first kappa shape index (κ1) is 13.2. The summed E-state index contributed by atoms with van der Waals surface area (Å²) >= 11 is 2.32. The van der Waals surface area contributed by atoms with Crippen LogP contribution in [0, 0.1) is 3.57 Å². The molecule has 0 aromatic heterocycles. The molecule has 0 spiro atoms. The van der Waals surface area contributed by atoms with Crippen LogP contribution >= 0.6 is 22.6 Å². The Labute approximate surface area is 132 Å². The van der Waals surface area contributed by atoms with Gasteiger partial charge in [0.15, 0.2) is 0 Å². The van der Waals surface area contributed by atoms with E-state index in [1.807, 2.05) is 54.6 Å². The molecule has 0 atom stereocenters. The first-order valence-corrected chi connectivity index (χ1v) is 7.48. The van der Waals surface area contributed by atoms with E-state index >= 15 is 0 Å². The fraction of sp³-hybridized carbons (Fsp3) is 0. The fourth-order valence-corrected chi connectivity index (χ4v) is 2.69. The Morgan fingerprint density at radius 1 is 0.600 bits per heavy atom. The minimum Gasteiger partial charge on any atom is -0.457 e. The van der Waals surface area contributed by atoms with Crippen LogP contribution in [0.4, 0.5) is 0 Å². The van der Waals surface area contributed by atoms with Gasteiger partial charge < -0.3 is 4.74 Å². The Morgan fingerprint density at radius 2 is 1.25 bits per heavy atom. The Morgan fingerprint density at radius 3 is 1.95 bits per heavy atom. The van der Waals surface area contributed by atoms with Crippen LogP contribution < -0.4 is 4.74 Å². The maximum absolute atomic E-state index is 5.92. The maximum atomic E-state index is 5.92. The second-order valence-corrected chi connectivity index (χ2v) is 5.70. The number of hydrogen-bond acceptors (Lipinski definition) is 1. The van der Waals surface area contributed by atoms with Crippen molar-refractivity contribution in [2.45, 2.75) is 0 Å². The van der Waals surface area contributed by atoms with E-state index in [0.29, 0.717) is 0 Å². The van der Waals surface area contributed by atoms with E-state index in [1.54, 1.807) is 0 Å². The lowest BCUT2D eigenvalue weighted by Gasteiger charge is -2.09. The molecule has 0 N–H and O–H groups in total. The molecule has 20 heavy (non-hydrogen) atoms. The summed E-state index contributed by atoms with van der Waals surface area (Å²) in [6.45, 7) is 0. The summed E-state index contributed by atoms with van der Waals surface area (Å²) < 4.78 is 7.08. The molecule has 98 valence electrons. The van der Waals surface area contributed by atoms with Gasteiger partial charge >= 0.3 is 0 Å². The first-order chi connectivity index (χ1) is 9.81. The highest BCUT2D eigenvalue weighted by atomic mass is 127. The van der Waals surface area contributed by atoms with Crippen molar-refractivity contribution in [3.8, 4) is 22.6 Å². The Bertz CT molecular complexity index is 693. The topological polar surface area (TPSA) is 9.23 Å². The predicted octanol–water partition coefficient (Wildman–Crippen LogP) is 5.75. The van der Waals surface area contributed by atoms with E-state index in [1.165, 1.54) is 11.1 Å². The van der Waals surface area contributed by atoms with Crippen LogP contribution in [0.3, 0.4) is 0 Å². The van der Waals surface area contributed by atoms with Gasteiger partial charge in [-0.1, -0.05) is 48.5 Å². The molecule has 0 amide bonds. The average Bonchev–Trinajstić information content (AvgIpc) is 2.49. The van der Waals surface area contributed by atoms with Crippen LogP contribution in [0.15, 0.2) is 78.9 Å². The van der Waals surface area contributed by atoms with Gasteiger partial charge in [0.05, 0.1) is 0 Å². The molecule has 0 radical (unpaired) electrons. The molecule has 0 aliphatic rings. The third kappa shape index (κ3) is 3.20. The highest BCUT2D eigenvalue weighted by Gasteiger charge is 2.03. The van der Waals surface area contributed by atoms with Crippen molar-refractivity contribution < 1.29 is 4.74 Å². The second kappa shape index (κ2) is 6.09. The van der Waals surface area contributed by atoms with E-state index in [9.17, 15) is 0 Å². The molecule has 0 unspecified atom stereocenters. The summed E-state index contributed by atoms with van der Waals surface area (Å²) in [6.07, 6.45) is 0. The molecule has 3 rings (SSSR count). The van der Waals surface area contributed by atoms with Crippen LogP contribution in [0.5, 0.6) is 11.5 Å². The van der Waals surface area contributed by atoms with Gasteiger partial charge in [0.25, 0.3) is 0 Å². The van der Waals surface area contributed by atoms with E-state index in [0.717, 1.165) is 15.1 Å². The zero-order valence-corrected chi connectivity index (χ0v) is 12.9. The summed E-state index contributed by atoms with van der Waals surface area (Å²) in [5.41, 5.74) is 2.37. The van der Waals surface area contributed by atoms with Gasteiger partial charge in [-0.05, 0) is 64.0 Å². The quantitative estimate of drug-likeness (QED) is 0.532. The summed E-state index contributed by atoms with van der Waals surface area (Å²) in [7, 11) is 0. The van der Waals surface area contributed by atoms with E-state index in [2.05, 4.69) is 46.9 Å². The molecular weight excluding hydrogens is 359 g/mol. The van der Waals surface area contributed by atoms with Crippen molar-refractivity contribution in [1.82, 2.24) is 0 Å². The number of halogens is 1. The SMILES string of the molecule is Ic1cc(Oc2ccccc2)cc(-c2ccccc2)c1. The molecule has 0 aliphatic carbocycles. The smallest absolute Gasteiger partial charge is 0.129 e. The Balaban J connectivity index is 1.95. The van der Waals surface area contributed by atoms with Gasteiger partial charge in [-0.3, -0.25) is 0 Å². The molecule has 0 saturated carbocycles. The number of rotatable bonds is 3. The number of hydrogen-bond donors (Lipinski definition) is 0. The largest absolute Gasteiger partial charge is 0.457 e. The van der Waals surface area contributed by atoms with E-state index < -0.39 is 0 Å². The molecule has 0 bridgehead atoms. The minimum absolute atomic E-state index is 0.855.